The van der Waals surface area contributed by atoms with E-state index in [0.717, 1.165) is 22.7 Å². The zero-order valence-corrected chi connectivity index (χ0v) is 12.9. The van der Waals surface area contributed by atoms with Crippen molar-refractivity contribution < 1.29 is 4.79 Å². The standard InChI is InChI=1S/C14H13ClN4OS/c1-21-13-12(15)10-4-6-19(11(10)8-17-13)14(20)18-9-3-2-5-16-7-9/h2-3,5,7-8H,4,6H2,1H3,(H,18,20). The second-order valence-corrected chi connectivity index (χ2v) is 5.69. The Morgan fingerprint density at radius 1 is 1.48 bits per heavy atom. The number of carbonyl (C=O) groups excluding carboxylic acids is 1. The highest BCUT2D eigenvalue weighted by molar-refractivity contribution is 7.98. The van der Waals surface area contributed by atoms with Gasteiger partial charge in [-0.1, -0.05) is 11.6 Å². The first kappa shape index (κ1) is 14.2. The minimum atomic E-state index is -0.198. The second-order valence-electron chi connectivity index (χ2n) is 4.52. The molecule has 7 heteroatoms. The Labute approximate surface area is 131 Å². The Hall–Kier alpha value is -1.79. The molecule has 2 amide bonds. The third-order valence-corrected chi connectivity index (χ3v) is 4.51. The van der Waals surface area contributed by atoms with Crippen molar-refractivity contribution in [3.8, 4) is 0 Å². The highest BCUT2D eigenvalue weighted by Crippen LogP contribution is 2.37. The number of pyridine rings is 2. The van der Waals surface area contributed by atoms with Gasteiger partial charge in [-0.2, -0.15) is 0 Å². The summed E-state index contributed by atoms with van der Waals surface area (Å²) in [7, 11) is 0. The van der Waals surface area contributed by atoms with Crippen molar-refractivity contribution in [2.45, 2.75) is 11.4 Å². The average molecular weight is 321 g/mol. The SMILES string of the molecule is CSc1ncc2c(c1Cl)CCN2C(=O)Nc1cccnc1. The maximum absolute atomic E-state index is 12.4. The molecule has 0 radical (unpaired) electrons. The van der Waals surface area contributed by atoms with Crippen LogP contribution in [-0.4, -0.2) is 28.8 Å². The number of halogens is 1. The van der Waals surface area contributed by atoms with Crippen molar-refractivity contribution in [1.29, 1.82) is 0 Å². The largest absolute Gasteiger partial charge is 0.326 e. The van der Waals surface area contributed by atoms with Gasteiger partial charge in [-0.25, -0.2) is 9.78 Å². The van der Waals surface area contributed by atoms with Gasteiger partial charge < -0.3 is 5.32 Å². The lowest BCUT2D eigenvalue weighted by Gasteiger charge is -2.18. The van der Waals surface area contributed by atoms with Crippen LogP contribution in [0, 0.1) is 0 Å². The molecule has 0 atom stereocenters. The first-order valence-electron chi connectivity index (χ1n) is 6.40. The quantitative estimate of drug-likeness (QED) is 0.861. The van der Waals surface area contributed by atoms with Crippen molar-refractivity contribution in [2.24, 2.45) is 0 Å². The van der Waals surface area contributed by atoms with E-state index in [9.17, 15) is 4.79 Å². The first-order valence-corrected chi connectivity index (χ1v) is 8.01. The summed E-state index contributed by atoms with van der Waals surface area (Å²) < 4.78 is 0. The van der Waals surface area contributed by atoms with E-state index in [1.807, 2.05) is 6.26 Å². The van der Waals surface area contributed by atoms with Crippen LogP contribution in [0.3, 0.4) is 0 Å². The summed E-state index contributed by atoms with van der Waals surface area (Å²) in [6.07, 6.45) is 7.65. The summed E-state index contributed by atoms with van der Waals surface area (Å²) in [5, 5.41) is 4.27. The molecule has 3 heterocycles. The van der Waals surface area contributed by atoms with E-state index in [4.69, 9.17) is 11.6 Å². The van der Waals surface area contributed by atoms with Gasteiger partial charge in [0, 0.05) is 18.3 Å². The molecule has 108 valence electrons. The Bertz CT molecular complexity index is 680. The van der Waals surface area contributed by atoms with Crippen LogP contribution in [-0.2, 0) is 6.42 Å². The van der Waals surface area contributed by atoms with E-state index in [2.05, 4.69) is 15.3 Å². The molecule has 0 saturated carbocycles. The Morgan fingerprint density at radius 3 is 3.05 bits per heavy atom. The van der Waals surface area contributed by atoms with Crippen LogP contribution in [0.5, 0.6) is 0 Å². The number of urea groups is 1. The summed E-state index contributed by atoms with van der Waals surface area (Å²) >= 11 is 7.84. The molecule has 3 rings (SSSR count). The highest BCUT2D eigenvalue weighted by Gasteiger charge is 2.28. The minimum absolute atomic E-state index is 0.198. The van der Waals surface area contributed by atoms with E-state index < -0.39 is 0 Å². The van der Waals surface area contributed by atoms with Crippen LogP contribution in [0.25, 0.3) is 0 Å². The molecule has 0 saturated heterocycles. The zero-order chi connectivity index (χ0) is 14.8. The van der Waals surface area contributed by atoms with Crippen molar-refractivity contribution in [2.75, 3.05) is 23.0 Å². The topological polar surface area (TPSA) is 58.1 Å². The van der Waals surface area contributed by atoms with E-state index in [1.165, 1.54) is 11.8 Å². The van der Waals surface area contributed by atoms with Crippen molar-refractivity contribution >= 4 is 40.8 Å². The van der Waals surface area contributed by atoms with E-state index in [-0.39, 0.29) is 6.03 Å². The van der Waals surface area contributed by atoms with Gasteiger partial charge in [-0.15, -0.1) is 11.8 Å². The number of hydrogen-bond acceptors (Lipinski definition) is 4. The van der Waals surface area contributed by atoms with Crippen molar-refractivity contribution in [1.82, 2.24) is 9.97 Å². The molecule has 0 aliphatic carbocycles. The predicted octanol–water partition coefficient (Wildman–Crippen LogP) is 3.45. The molecule has 0 aromatic carbocycles. The number of nitrogens with zero attached hydrogens (tertiary/aromatic N) is 3. The van der Waals surface area contributed by atoms with Crippen molar-refractivity contribution in [3.05, 3.63) is 41.3 Å². The maximum atomic E-state index is 12.4. The molecular weight excluding hydrogens is 308 g/mol. The van der Waals surface area contributed by atoms with Crippen LogP contribution in [0.2, 0.25) is 5.02 Å². The second kappa shape index (κ2) is 5.91. The van der Waals surface area contributed by atoms with E-state index in [1.54, 1.807) is 35.6 Å². The van der Waals surface area contributed by atoms with Gasteiger partial charge in [-0.05, 0) is 24.8 Å². The fourth-order valence-electron chi connectivity index (χ4n) is 2.29. The third-order valence-electron chi connectivity index (χ3n) is 3.29. The van der Waals surface area contributed by atoms with Gasteiger partial charge in [0.25, 0.3) is 0 Å². The van der Waals surface area contributed by atoms with Gasteiger partial charge in [0.15, 0.2) is 0 Å². The molecule has 5 nitrogen and oxygen atoms in total. The number of fused-ring (bicyclic) bond motifs is 1. The average Bonchev–Trinajstić information content (AvgIpc) is 2.93. The fourth-order valence-corrected chi connectivity index (χ4v) is 3.22. The Balaban J connectivity index is 1.84. The lowest BCUT2D eigenvalue weighted by molar-refractivity contribution is 0.257. The summed E-state index contributed by atoms with van der Waals surface area (Å²) in [6, 6.07) is 3.37. The smallest absolute Gasteiger partial charge is 0.306 e. The molecule has 0 unspecified atom stereocenters. The fraction of sp³-hybridized carbons (Fsp3) is 0.214. The molecule has 2 aromatic rings. The van der Waals surface area contributed by atoms with Crippen LogP contribution in [0.1, 0.15) is 5.56 Å². The number of nitrogens with one attached hydrogen (secondary N) is 1. The van der Waals surface area contributed by atoms with Crippen LogP contribution in [0.15, 0.2) is 35.7 Å². The highest BCUT2D eigenvalue weighted by atomic mass is 35.5. The Kier molecular flexibility index (Phi) is 3.98. The van der Waals surface area contributed by atoms with Crippen LogP contribution < -0.4 is 10.2 Å². The molecule has 1 aliphatic heterocycles. The summed E-state index contributed by atoms with van der Waals surface area (Å²) in [6.45, 7) is 0.598. The molecule has 0 spiro atoms. The first-order chi connectivity index (χ1) is 10.2. The number of carbonyl (C=O) groups is 1. The number of aromatic nitrogens is 2. The number of hydrogen-bond donors (Lipinski definition) is 1. The monoisotopic (exact) mass is 320 g/mol. The van der Waals surface area contributed by atoms with Crippen LogP contribution >= 0.6 is 23.4 Å². The zero-order valence-electron chi connectivity index (χ0n) is 11.3. The number of amides is 2. The van der Waals surface area contributed by atoms with E-state index in [0.29, 0.717) is 17.3 Å². The Morgan fingerprint density at radius 2 is 2.33 bits per heavy atom. The van der Waals surface area contributed by atoms with Gasteiger partial charge in [-0.3, -0.25) is 9.88 Å². The van der Waals surface area contributed by atoms with E-state index >= 15 is 0 Å². The van der Waals surface area contributed by atoms with Gasteiger partial charge in [0.05, 0.1) is 28.8 Å². The molecule has 1 aliphatic rings. The summed E-state index contributed by atoms with van der Waals surface area (Å²) in [5.41, 5.74) is 2.42. The van der Waals surface area contributed by atoms with Gasteiger partial charge in [0.1, 0.15) is 5.03 Å². The lowest BCUT2D eigenvalue weighted by atomic mass is 10.2. The molecule has 21 heavy (non-hydrogen) atoms. The summed E-state index contributed by atoms with van der Waals surface area (Å²) in [4.78, 5) is 22.3. The molecule has 0 fully saturated rings. The van der Waals surface area contributed by atoms with Gasteiger partial charge >= 0.3 is 6.03 Å². The predicted molar refractivity (Wildman–Crippen MR) is 85.3 cm³/mol. The summed E-state index contributed by atoms with van der Waals surface area (Å²) in [5.74, 6) is 0. The lowest BCUT2D eigenvalue weighted by Crippen LogP contribution is -2.33. The van der Waals surface area contributed by atoms with Gasteiger partial charge in [0.2, 0.25) is 0 Å². The molecule has 1 N–H and O–H groups in total. The minimum Gasteiger partial charge on any atom is -0.306 e. The number of thioether (sulfide) groups is 1. The molecule has 0 bridgehead atoms. The maximum Gasteiger partial charge on any atom is 0.326 e. The van der Waals surface area contributed by atoms with Crippen molar-refractivity contribution in [3.63, 3.8) is 0 Å². The molecular formula is C14H13ClN4OS. The normalized spacial score (nSPS) is 13.1. The molecule has 2 aromatic heterocycles. The van der Waals surface area contributed by atoms with Crippen LogP contribution in [0.4, 0.5) is 16.2 Å². The number of rotatable bonds is 2. The number of anilines is 2. The third kappa shape index (κ3) is 2.69.